The lowest BCUT2D eigenvalue weighted by Gasteiger charge is -2.20. The Bertz CT molecular complexity index is 583. The second-order valence-corrected chi connectivity index (χ2v) is 5.64. The molecule has 1 aromatic carbocycles. The van der Waals surface area contributed by atoms with Gasteiger partial charge in [0, 0.05) is 38.2 Å². The van der Waals surface area contributed by atoms with E-state index in [1.807, 2.05) is 24.0 Å². The molecule has 0 saturated carbocycles. The third-order valence-corrected chi connectivity index (χ3v) is 4.01. The van der Waals surface area contributed by atoms with Gasteiger partial charge in [0.2, 0.25) is 5.91 Å². The van der Waals surface area contributed by atoms with Crippen LogP contribution in [0.2, 0.25) is 0 Å². The van der Waals surface area contributed by atoms with Gasteiger partial charge in [0.1, 0.15) is 0 Å². The van der Waals surface area contributed by atoms with Crippen molar-refractivity contribution < 1.29 is 19.5 Å². The number of hydrogen-bond acceptors (Lipinski definition) is 3. The summed E-state index contributed by atoms with van der Waals surface area (Å²) in [7, 11) is 0. The second kappa shape index (κ2) is 7.76. The molecule has 6 nitrogen and oxygen atoms in total. The first kappa shape index (κ1) is 17.0. The van der Waals surface area contributed by atoms with Crippen LogP contribution >= 0.6 is 0 Å². The summed E-state index contributed by atoms with van der Waals surface area (Å²) in [5.41, 5.74) is 1.53. The largest absolute Gasteiger partial charge is 0.481 e. The first-order chi connectivity index (χ1) is 11.0. The molecule has 1 N–H and O–H groups in total. The van der Waals surface area contributed by atoms with E-state index in [-0.39, 0.29) is 24.8 Å². The fraction of sp³-hybridized carbons (Fsp3) is 0.471. The van der Waals surface area contributed by atoms with E-state index in [0.717, 1.165) is 18.5 Å². The third-order valence-electron chi connectivity index (χ3n) is 4.01. The lowest BCUT2D eigenvalue weighted by molar-refractivity contribution is -0.137. The number of likely N-dealkylation sites (tertiary alicyclic amines) is 1. The predicted octanol–water partition coefficient (Wildman–Crippen LogP) is 1.75. The Labute approximate surface area is 135 Å². The van der Waals surface area contributed by atoms with Crippen LogP contribution in [-0.2, 0) is 16.1 Å². The number of benzene rings is 1. The van der Waals surface area contributed by atoms with Gasteiger partial charge >= 0.3 is 5.97 Å². The van der Waals surface area contributed by atoms with Crippen LogP contribution in [0.25, 0.3) is 0 Å². The number of carboxylic acids is 1. The van der Waals surface area contributed by atoms with Gasteiger partial charge in [-0.05, 0) is 31.0 Å². The van der Waals surface area contributed by atoms with Crippen LogP contribution in [0.3, 0.4) is 0 Å². The third kappa shape index (κ3) is 4.55. The average Bonchev–Trinajstić information content (AvgIpc) is 2.93. The van der Waals surface area contributed by atoms with Crippen LogP contribution in [0.1, 0.15) is 42.1 Å². The molecule has 0 unspecified atom stereocenters. The van der Waals surface area contributed by atoms with Gasteiger partial charge in [-0.1, -0.05) is 12.1 Å². The molecule has 0 bridgehead atoms. The van der Waals surface area contributed by atoms with Crippen LogP contribution in [-0.4, -0.2) is 52.3 Å². The summed E-state index contributed by atoms with van der Waals surface area (Å²) in [5, 5.41) is 8.73. The van der Waals surface area contributed by atoms with Crippen molar-refractivity contribution in [2.24, 2.45) is 0 Å². The summed E-state index contributed by atoms with van der Waals surface area (Å²) in [6.07, 6.45) is 1.46. The lowest BCUT2D eigenvalue weighted by atomic mass is 10.1. The molecular weight excluding hydrogens is 296 g/mol. The highest BCUT2D eigenvalue weighted by molar-refractivity contribution is 5.94. The van der Waals surface area contributed by atoms with E-state index in [0.29, 0.717) is 25.1 Å². The highest BCUT2D eigenvalue weighted by Crippen LogP contribution is 2.15. The van der Waals surface area contributed by atoms with Crippen molar-refractivity contribution in [3.05, 3.63) is 35.4 Å². The zero-order valence-electron chi connectivity index (χ0n) is 13.3. The van der Waals surface area contributed by atoms with Crippen molar-refractivity contribution >= 4 is 17.8 Å². The van der Waals surface area contributed by atoms with Crippen LogP contribution in [0.15, 0.2) is 24.3 Å². The van der Waals surface area contributed by atoms with Gasteiger partial charge < -0.3 is 14.9 Å². The molecule has 0 aromatic heterocycles. The van der Waals surface area contributed by atoms with Gasteiger partial charge in [0.15, 0.2) is 0 Å². The van der Waals surface area contributed by atoms with Crippen LogP contribution in [0, 0.1) is 0 Å². The van der Waals surface area contributed by atoms with Crippen molar-refractivity contribution in [2.45, 2.75) is 32.7 Å². The van der Waals surface area contributed by atoms with E-state index in [4.69, 9.17) is 5.11 Å². The van der Waals surface area contributed by atoms with E-state index in [9.17, 15) is 14.4 Å². The highest BCUT2D eigenvalue weighted by Gasteiger charge is 2.20. The van der Waals surface area contributed by atoms with E-state index in [1.165, 1.54) is 4.90 Å². The van der Waals surface area contributed by atoms with Crippen molar-refractivity contribution in [3.8, 4) is 0 Å². The number of carbonyl (C=O) groups is 3. The molecule has 0 aliphatic carbocycles. The number of carbonyl (C=O) groups excluding carboxylic acids is 2. The van der Waals surface area contributed by atoms with Crippen molar-refractivity contribution in [3.63, 3.8) is 0 Å². The quantitative estimate of drug-likeness (QED) is 0.831. The Morgan fingerprint density at radius 2 is 1.96 bits per heavy atom. The molecule has 2 amide bonds. The predicted molar refractivity (Wildman–Crippen MR) is 84.9 cm³/mol. The second-order valence-electron chi connectivity index (χ2n) is 5.64. The Morgan fingerprint density at radius 1 is 1.26 bits per heavy atom. The Balaban J connectivity index is 1.98. The topological polar surface area (TPSA) is 77.9 Å². The first-order valence-corrected chi connectivity index (χ1v) is 7.89. The molecule has 2 rings (SSSR count). The molecule has 1 saturated heterocycles. The maximum atomic E-state index is 12.4. The van der Waals surface area contributed by atoms with Gasteiger partial charge in [-0.3, -0.25) is 14.4 Å². The number of hydrogen-bond donors (Lipinski definition) is 1. The molecule has 0 radical (unpaired) electrons. The molecule has 0 atom stereocenters. The van der Waals surface area contributed by atoms with Gasteiger partial charge in [-0.15, -0.1) is 0 Å². The van der Waals surface area contributed by atoms with Gasteiger partial charge in [0.05, 0.1) is 6.42 Å². The molecule has 1 aliphatic rings. The summed E-state index contributed by atoms with van der Waals surface area (Å²) in [6, 6.07) is 7.18. The molecule has 1 aromatic rings. The molecule has 0 spiro atoms. The van der Waals surface area contributed by atoms with Crippen molar-refractivity contribution in [1.82, 2.24) is 9.80 Å². The van der Waals surface area contributed by atoms with Gasteiger partial charge in [0.25, 0.3) is 5.91 Å². The van der Waals surface area contributed by atoms with Crippen LogP contribution in [0.4, 0.5) is 0 Å². The molecular formula is C17H22N2O4. The zero-order chi connectivity index (χ0) is 16.8. The number of amides is 2. The maximum absolute atomic E-state index is 12.4. The molecule has 1 fully saturated rings. The molecule has 124 valence electrons. The van der Waals surface area contributed by atoms with E-state index < -0.39 is 5.97 Å². The van der Waals surface area contributed by atoms with Crippen LogP contribution in [0.5, 0.6) is 0 Å². The van der Waals surface area contributed by atoms with E-state index in [2.05, 4.69) is 0 Å². The molecule has 1 aliphatic heterocycles. The SMILES string of the molecule is CCN(CCC(=O)O)C(=O)c1ccc(CN2CCCC2=O)cc1. The number of aliphatic carboxylic acids is 1. The Morgan fingerprint density at radius 3 is 2.48 bits per heavy atom. The maximum Gasteiger partial charge on any atom is 0.305 e. The van der Waals surface area contributed by atoms with E-state index in [1.54, 1.807) is 12.1 Å². The van der Waals surface area contributed by atoms with E-state index >= 15 is 0 Å². The Hall–Kier alpha value is -2.37. The smallest absolute Gasteiger partial charge is 0.305 e. The fourth-order valence-corrected chi connectivity index (χ4v) is 2.66. The zero-order valence-corrected chi connectivity index (χ0v) is 13.3. The molecule has 23 heavy (non-hydrogen) atoms. The monoisotopic (exact) mass is 318 g/mol. The minimum atomic E-state index is -0.915. The van der Waals surface area contributed by atoms with Gasteiger partial charge in [-0.2, -0.15) is 0 Å². The van der Waals surface area contributed by atoms with Crippen molar-refractivity contribution in [1.29, 1.82) is 0 Å². The normalized spacial score (nSPS) is 14.1. The van der Waals surface area contributed by atoms with Gasteiger partial charge in [-0.25, -0.2) is 0 Å². The average molecular weight is 318 g/mol. The first-order valence-electron chi connectivity index (χ1n) is 7.89. The molecule has 6 heteroatoms. The number of nitrogens with zero attached hydrogens (tertiary/aromatic N) is 2. The fourth-order valence-electron chi connectivity index (χ4n) is 2.66. The summed E-state index contributed by atoms with van der Waals surface area (Å²) in [6.45, 7) is 3.86. The lowest BCUT2D eigenvalue weighted by Crippen LogP contribution is -2.32. The number of rotatable bonds is 7. The molecule has 1 heterocycles. The van der Waals surface area contributed by atoms with Crippen LogP contribution < -0.4 is 0 Å². The Kier molecular flexibility index (Phi) is 5.73. The minimum absolute atomic E-state index is 0.0608. The summed E-state index contributed by atoms with van der Waals surface area (Å²) in [4.78, 5) is 38.0. The summed E-state index contributed by atoms with van der Waals surface area (Å²) < 4.78 is 0. The highest BCUT2D eigenvalue weighted by atomic mass is 16.4. The minimum Gasteiger partial charge on any atom is -0.481 e. The standard InChI is InChI=1S/C17H22N2O4/c1-2-18(11-9-16(21)22)17(23)14-7-5-13(6-8-14)12-19-10-3-4-15(19)20/h5-8H,2-4,9-12H2,1H3,(H,21,22). The summed E-state index contributed by atoms with van der Waals surface area (Å²) in [5.74, 6) is -0.907. The summed E-state index contributed by atoms with van der Waals surface area (Å²) >= 11 is 0. The number of carboxylic acid groups (broad SMARTS) is 1. The van der Waals surface area contributed by atoms with Crippen molar-refractivity contribution in [2.75, 3.05) is 19.6 Å².